The third-order valence-electron chi connectivity index (χ3n) is 7.22. The first kappa shape index (κ1) is 26.9. The number of rotatable bonds is 4. The fourth-order valence-electron chi connectivity index (χ4n) is 4.78. The van der Waals surface area contributed by atoms with E-state index in [0.717, 1.165) is 42.6 Å². The largest absolute Gasteiger partial charge is 0.389 e. The highest BCUT2D eigenvalue weighted by Gasteiger charge is 2.44. The molecule has 36 heavy (non-hydrogen) atoms. The zero-order valence-electron chi connectivity index (χ0n) is 20.6. The second-order valence-electron chi connectivity index (χ2n) is 9.86. The number of aromatic nitrogens is 1. The number of halogens is 3. The molecule has 3 aliphatic heterocycles. The van der Waals surface area contributed by atoms with Crippen molar-refractivity contribution in [1.29, 1.82) is 0 Å². The molecular weight excluding hydrogens is 494 g/mol. The van der Waals surface area contributed by atoms with Gasteiger partial charge in [0.1, 0.15) is 12.4 Å². The molecule has 2 aromatic rings. The number of benzene rings is 1. The summed E-state index contributed by atoms with van der Waals surface area (Å²) in [6.45, 7) is 7.75. The second-order valence-corrected chi connectivity index (χ2v) is 10.3. The molecule has 1 aromatic heterocycles. The summed E-state index contributed by atoms with van der Waals surface area (Å²) in [7, 11) is 0. The van der Waals surface area contributed by atoms with E-state index in [9.17, 15) is 18.7 Å². The number of carbonyl (C=O) groups is 1. The van der Waals surface area contributed by atoms with Gasteiger partial charge in [0.2, 0.25) is 6.41 Å². The molecule has 0 spiro atoms. The molecule has 1 amide bonds. The van der Waals surface area contributed by atoms with Gasteiger partial charge < -0.3 is 24.8 Å². The maximum absolute atomic E-state index is 12.3. The van der Waals surface area contributed by atoms with Crippen LogP contribution in [0.25, 0.3) is 10.8 Å². The fourth-order valence-corrected chi connectivity index (χ4v) is 5.07. The molecule has 11 heteroatoms. The first-order chi connectivity index (χ1) is 17.1. The van der Waals surface area contributed by atoms with E-state index >= 15 is 0 Å². The summed E-state index contributed by atoms with van der Waals surface area (Å²) in [6, 6.07) is 5.79. The van der Waals surface area contributed by atoms with Crippen LogP contribution < -0.4 is 10.2 Å². The van der Waals surface area contributed by atoms with Gasteiger partial charge in [0, 0.05) is 44.2 Å². The Bertz CT molecular complexity index is 1060. The first-order valence-electron chi connectivity index (χ1n) is 12.2. The zero-order valence-corrected chi connectivity index (χ0v) is 21.3. The van der Waals surface area contributed by atoms with Gasteiger partial charge in [-0.05, 0) is 43.9 Å². The number of anilines is 2. The number of pyridine rings is 1. The molecule has 3 saturated heterocycles. The van der Waals surface area contributed by atoms with Crippen molar-refractivity contribution in [3.63, 3.8) is 0 Å². The third-order valence-corrected chi connectivity index (χ3v) is 7.52. The summed E-state index contributed by atoms with van der Waals surface area (Å²) < 4.78 is 34.7. The third kappa shape index (κ3) is 6.06. The zero-order chi connectivity index (χ0) is 25.9. The molecule has 2 N–H and O–H groups in total. The molecule has 0 aliphatic carbocycles. The van der Waals surface area contributed by atoms with Gasteiger partial charge in [0.05, 0.1) is 41.7 Å². The van der Waals surface area contributed by atoms with E-state index in [1.165, 1.54) is 0 Å². The van der Waals surface area contributed by atoms with E-state index in [4.69, 9.17) is 21.1 Å². The van der Waals surface area contributed by atoms with Gasteiger partial charge in [-0.2, -0.15) is 0 Å². The van der Waals surface area contributed by atoms with Gasteiger partial charge in [-0.25, -0.2) is 13.8 Å². The molecule has 0 radical (unpaired) electrons. The number of nitrogens with zero attached hydrogens (tertiary/aromatic N) is 3. The number of carbonyl (C=O) groups excluding carboxylic acids is 1. The monoisotopic (exact) mass is 526 g/mol. The fraction of sp³-hybridized carbons (Fsp3) is 0.600. The molecule has 5 rings (SSSR count). The van der Waals surface area contributed by atoms with E-state index in [-0.39, 0.29) is 18.1 Å². The molecule has 4 heterocycles. The van der Waals surface area contributed by atoms with E-state index < -0.39 is 18.6 Å². The molecule has 1 aromatic carbocycles. The minimum atomic E-state index is -2.56. The predicted molar refractivity (Wildman–Crippen MR) is 135 cm³/mol. The Balaban J connectivity index is 0.000000286. The lowest BCUT2D eigenvalue weighted by Crippen LogP contribution is -2.60. The van der Waals surface area contributed by atoms with Gasteiger partial charge >= 0.3 is 0 Å². The molecule has 8 nitrogen and oxygen atoms in total. The van der Waals surface area contributed by atoms with Crippen LogP contribution in [0, 0.1) is 0 Å². The summed E-state index contributed by atoms with van der Waals surface area (Å²) >= 11 is 6.54. The number of ether oxygens (including phenoxy) is 2. The van der Waals surface area contributed by atoms with E-state index in [1.807, 2.05) is 25.1 Å². The van der Waals surface area contributed by atoms with Crippen LogP contribution in [0.4, 0.5) is 20.3 Å². The Kier molecular flexibility index (Phi) is 8.31. The molecular formula is C25H33ClF2N4O4. The van der Waals surface area contributed by atoms with Crippen LogP contribution in [0.1, 0.15) is 26.7 Å². The van der Waals surface area contributed by atoms with Gasteiger partial charge in [0.15, 0.2) is 0 Å². The van der Waals surface area contributed by atoms with Crippen LogP contribution in [0.5, 0.6) is 0 Å². The topological polar surface area (TPSA) is 87.2 Å². The van der Waals surface area contributed by atoms with Gasteiger partial charge in [-0.1, -0.05) is 11.6 Å². The van der Waals surface area contributed by atoms with Crippen molar-refractivity contribution in [3.05, 3.63) is 29.4 Å². The maximum atomic E-state index is 12.3. The number of aliphatic hydroxyl groups excluding tert-OH is 1. The van der Waals surface area contributed by atoms with Crippen LogP contribution in [0.3, 0.4) is 0 Å². The van der Waals surface area contributed by atoms with Crippen molar-refractivity contribution in [2.45, 2.75) is 50.4 Å². The molecule has 0 bridgehead atoms. The number of fused-ring (bicyclic) bond motifs is 1. The number of hydrogen-bond acceptors (Lipinski definition) is 7. The van der Waals surface area contributed by atoms with Gasteiger partial charge in [-0.15, -0.1) is 0 Å². The van der Waals surface area contributed by atoms with Crippen molar-refractivity contribution in [3.8, 4) is 0 Å². The van der Waals surface area contributed by atoms with Crippen molar-refractivity contribution in [2.24, 2.45) is 0 Å². The van der Waals surface area contributed by atoms with E-state index in [1.54, 1.807) is 6.20 Å². The van der Waals surface area contributed by atoms with Crippen LogP contribution in [-0.4, -0.2) is 91.1 Å². The number of piperazine rings is 1. The van der Waals surface area contributed by atoms with E-state index in [2.05, 4.69) is 27.0 Å². The summed E-state index contributed by atoms with van der Waals surface area (Å²) in [4.78, 5) is 19.4. The second kappa shape index (κ2) is 11.1. The van der Waals surface area contributed by atoms with Crippen LogP contribution >= 0.6 is 11.6 Å². The smallest absolute Gasteiger partial charge is 0.271 e. The van der Waals surface area contributed by atoms with Crippen molar-refractivity contribution < 1.29 is 28.2 Å². The normalized spacial score (nSPS) is 28.4. The molecule has 3 aliphatic rings. The molecule has 3 atom stereocenters. The molecule has 3 unspecified atom stereocenters. The Labute approximate surface area is 214 Å². The number of alkyl halides is 2. The highest BCUT2D eigenvalue weighted by atomic mass is 35.5. The van der Waals surface area contributed by atoms with Crippen LogP contribution in [-0.2, 0) is 14.3 Å². The Morgan fingerprint density at radius 3 is 2.53 bits per heavy atom. The Morgan fingerprint density at radius 2 is 1.94 bits per heavy atom. The van der Waals surface area contributed by atoms with Crippen molar-refractivity contribution in [2.75, 3.05) is 56.2 Å². The SMILES string of the molecule is CC1(N2CCN(c3cc4cc(NC=O)ncc4cc3Cl)CC2)COCC1O.CC1CCC(F)(F)CO1. The van der Waals surface area contributed by atoms with Crippen LogP contribution in [0.15, 0.2) is 24.4 Å². The molecule has 3 fully saturated rings. The lowest BCUT2D eigenvalue weighted by atomic mass is 9.95. The van der Waals surface area contributed by atoms with Gasteiger partial charge in [0.25, 0.3) is 5.92 Å². The average molecular weight is 527 g/mol. The Morgan fingerprint density at radius 1 is 1.19 bits per heavy atom. The minimum absolute atomic E-state index is 0.0182. The number of nitrogens with one attached hydrogen (secondary N) is 1. The minimum Gasteiger partial charge on any atom is -0.389 e. The average Bonchev–Trinajstić information content (AvgIpc) is 3.20. The molecule has 0 saturated carbocycles. The number of aliphatic hydroxyl groups is 1. The molecule has 198 valence electrons. The lowest BCUT2D eigenvalue weighted by molar-refractivity contribution is -0.138. The Hall–Kier alpha value is -2.11. The summed E-state index contributed by atoms with van der Waals surface area (Å²) in [6.07, 6.45) is 2.35. The van der Waals surface area contributed by atoms with Crippen molar-refractivity contribution >= 4 is 40.3 Å². The van der Waals surface area contributed by atoms with Crippen LogP contribution in [0.2, 0.25) is 5.02 Å². The van der Waals surface area contributed by atoms with E-state index in [0.29, 0.717) is 36.9 Å². The summed E-state index contributed by atoms with van der Waals surface area (Å²) in [5, 5.41) is 15.4. The van der Waals surface area contributed by atoms with Crippen molar-refractivity contribution in [1.82, 2.24) is 9.88 Å². The summed E-state index contributed by atoms with van der Waals surface area (Å²) in [5.74, 6) is -2.05. The summed E-state index contributed by atoms with van der Waals surface area (Å²) in [5.41, 5.74) is 0.654. The van der Waals surface area contributed by atoms with Gasteiger partial charge in [-0.3, -0.25) is 9.69 Å². The number of amides is 1. The quantitative estimate of drug-likeness (QED) is 0.589. The lowest BCUT2D eigenvalue weighted by Gasteiger charge is -2.45. The predicted octanol–water partition coefficient (Wildman–Crippen LogP) is 3.55. The standard InChI is InChI=1S/C19H23ClN4O3.C6H10F2O/c1-19(11-27-10-17(19)26)24-4-2-23(3-5-24)16-7-13-8-18(22-12-25)21-9-14(13)6-15(16)20;1-5-2-3-6(7,8)4-9-5/h6-9,12,17,26H,2-5,10-11H2,1H3,(H,21,22,25);5H,2-4H2,1H3. The highest BCUT2D eigenvalue weighted by Crippen LogP contribution is 2.34. The first-order valence-corrected chi connectivity index (χ1v) is 12.5. The maximum Gasteiger partial charge on any atom is 0.271 e. The highest BCUT2D eigenvalue weighted by molar-refractivity contribution is 6.34. The number of hydrogen-bond donors (Lipinski definition) is 2.